The van der Waals surface area contributed by atoms with Gasteiger partial charge in [-0.25, -0.2) is 0 Å². The first-order valence-corrected chi connectivity index (χ1v) is 7.13. The summed E-state index contributed by atoms with van der Waals surface area (Å²) >= 11 is 0. The second kappa shape index (κ2) is 9.17. The monoisotopic (exact) mass is 289 g/mol. The molecule has 0 aliphatic carbocycles. The van der Waals surface area contributed by atoms with Crippen LogP contribution in [0.5, 0.6) is 0 Å². The van der Waals surface area contributed by atoms with E-state index in [1.54, 1.807) is 11.9 Å². The molecule has 0 spiro atoms. The van der Waals surface area contributed by atoms with Crippen LogP contribution in [0, 0.1) is 18.8 Å². The van der Waals surface area contributed by atoms with Gasteiger partial charge in [-0.15, -0.1) is 0 Å². The van der Waals surface area contributed by atoms with Gasteiger partial charge in [-0.05, 0) is 26.0 Å². The van der Waals surface area contributed by atoms with Crippen LogP contribution in [0.15, 0.2) is 18.2 Å². The lowest BCUT2D eigenvalue weighted by Crippen LogP contribution is -2.30. The minimum Gasteiger partial charge on any atom is -0.395 e. The Morgan fingerprint density at radius 1 is 1.43 bits per heavy atom. The van der Waals surface area contributed by atoms with Crippen LogP contribution in [0.3, 0.4) is 0 Å². The number of aryl methyl sites for hydroxylation is 1. The largest absolute Gasteiger partial charge is 0.395 e. The summed E-state index contributed by atoms with van der Waals surface area (Å²) in [6, 6.07) is 5.63. The van der Waals surface area contributed by atoms with Crippen LogP contribution in [0.1, 0.15) is 34.8 Å². The highest BCUT2D eigenvalue weighted by Crippen LogP contribution is 2.13. The molecule has 0 atom stereocenters. The third-order valence-corrected chi connectivity index (χ3v) is 2.99. The molecule has 0 radical (unpaired) electrons. The summed E-state index contributed by atoms with van der Waals surface area (Å²) in [5, 5.41) is 8.78. The predicted molar refractivity (Wildman–Crippen MR) is 83.2 cm³/mol. The molecule has 1 N–H and O–H groups in total. The van der Waals surface area contributed by atoms with Gasteiger partial charge in [0.15, 0.2) is 0 Å². The van der Waals surface area contributed by atoms with Crippen molar-refractivity contribution in [2.75, 3.05) is 33.4 Å². The standard InChI is InChI=1S/C17H23NO3/c1-4-21-12-10-18(3)17(20)16-13-14(2)8-9-15(16)7-5-6-11-19/h8-9,13,19H,4,6,10-12H2,1-3H3. The van der Waals surface area contributed by atoms with Gasteiger partial charge in [0.2, 0.25) is 0 Å². The normalized spacial score (nSPS) is 9.90. The molecule has 0 bridgehead atoms. The molecule has 1 aromatic rings. The first-order valence-electron chi connectivity index (χ1n) is 7.13. The Bertz CT molecular complexity index is 529. The predicted octanol–water partition coefficient (Wildman–Crippen LogP) is 1.84. The van der Waals surface area contributed by atoms with Crippen molar-refractivity contribution >= 4 is 5.91 Å². The average Bonchev–Trinajstić information content (AvgIpc) is 2.48. The van der Waals surface area contributed by atoms with Crippen molar-refractivity contribution < 1.29 is 14.6 Å². The molecule has 21 heavy (non-hydrogen) atoms. The SMILES string of the molecule is CCOCCN(C)C(=O)c1cc(C)ccc1C#CCCO. The van der Waals surface area contributed by atoms with Crippen LogP contribution < -0.4 is 0 Å². The number of carbonyl (C=O) groups is 1. The summed E-state index contributed by atoms with van der Waals surface area (Å²) in [4.78, 5) is 14.1. The number of aliphatic hydroxyl groups is 1. The quantitative estimate of drug-likeness (QED) is 0.642. The molecular weight excluding hydrogens is 266 g/mol. The van der Waals surface area contributed by atoms with Gasteiger partial charge in [-0.1, -0.05) is 23.5 Å². The second-order valence-electron chi connectivity index (χ2n) is 4.75. The molecule has 0 aliphatic rings. The summed E-state index contributed by atoms with van der Waals surface area (Å²) < 4.78 is 5.27. The highest BCUT2D eigenvalue weighted by Gasteiger charge is 2.15. The lowest BCUT2D eigenvalue weighted by molar-refractivity contribution is 0.0709. The maximum absolute atomic E-state index is 12.5. The fourth-order valence-corrected chi connectivity index (χ4v) is 1.81. The highest BCUT2D eigenvalue weighted by molar-refractivity contribution is 5.96. The minimum atomic E-state index is -0.0632. The van der Waals surface area contributed by atoms with Gasteiger partial charge in [0.1, 0.15) is 0 Å². The lowest BCUT2D eigenvalue weighted by Gasteiger charge is -2.18. The molecule has 114 valence electrons. The molecule has 0 saturated heterocycles. The molecule has 0 aliphatic heterocycles. The molecule has 1 rings (SSSR count). The van der Waals surface area contributed by atoms with Crippen LogP contribution in [-0.2, 0) is 4.74 Å². The van der Waals surface area contributed by atoms with E-state index < -0.39 is 0 Å². The molecule has 0 unspecified atom stereocenters. The highest BCUT2D eigenvalue weighted by atomic mass is 16.5. The number of ether oxygens (including phenoxy) is 1. The number of carbonyl (C=O) groups excluding carboxylic acids is 1. The van der Waals surface area contributed by atoms with Gasteiger partial charge in [-0.2, -0.15) is 0 Å². The van der Waals surface area contributed by atoms with E-state index in [1.165, 1.54) is 0 Å². The summed E-state index contributed by atoms with van der Waals surface area (Å²) in [6.07, 6.45) is 0.404. The van der Waals surface area contributed by atoms with Crippen molar-refractivity contribution in [2.24, 2.45) is 0 Å². The maximum Gasteiger partial charge on any atom is 0.254 e. The van der Waals surface area contributed by atoms with Gasteiger partial charge in [0.05, 0.1) is 18.8 Å². The van der Waals surface area contributed by atoms with E-state index in [-0.39, 0.29) is 12.5 Å². The van der Waals surface area contributed by atoms with E-state index in [2.05, 4.69) is 11.8 Å². The van der Waals surface area contributed by atoms with Crippen molar-refractivity contribution in [1.82, 2.24) is 4.90 Å². The third kappa shape index (κ3) is 5.58. The van der Waals surface area contributed by atoms with E-state index in [9.17, 15) is 4.79 Å². The van der Waals surface area contributed by atoms with E-state index >= 15 is 0 Å². The third-order valence-electron chi connectivity index (χ3n) is 2.99. The van der Waals surface area contributed by atoms with Gasteiger partial charge in [0.25, 0.3) is 5.91 Å². The minimum absolute atomic E-state index is 0.0242. The number of aliphatic hydroxyl groups excluding tert-OH is 1. The first kappa shape index (κ1) is 17.2. The molecule has 1 aromatic carbocycles. The zero-order valence-electron chi connectivity index (χ0n) is 13.0. The Morgan fingerprint density at radius 2 is 2.19 bits per heavy atom. The van der Waals surface area contributed by atoms with Gasteiger partial charge >= 0.3 is 0 Å². The molecule has 0 heterocycles. The Balaban J connectivity index is 2.91. The zero-order valence-corrected chi connectivity index (χ0v) is 13.0. The van der Waals surface area contributed by atoms with Crippen molar-refractivity contribution in [3.63, 3.8) is 0 Å². The smallest absolute Gasteiger partial charge is 0.254 e. The number of hydrogen-bond donors (Lipinski definition) is 1. The fourth-order valence-electron chi connectivity index (χ4n) is 1.81. The van der Waals surface area contributed by atoms with E-state index in [0.29, 0.717) is 37.3 Å². The van der Waals surface area contributed by atoms with Crippen LogP contribution in [0.4, 0.5) is 0 Å². The van der Waals surface area contributed by atoms with Crippen molar-refractivity contribution in [3.05, 3.63) is 34.9 Å². The van der Waals surface area contributed by atoms with Gasteiger partial charge in [0, 0.05) is 32.2 Å². The van der Waals surface area contributed by atoms with Gasteiger partial charge in [-0.3, -0.25) is 4.79 Å². The van der Waals surface area contributed by atoms with Gasteiger partial charge < -0.3 is 14.7 Å². The Hall–Kier alpha value is -1.83. The first-order chi connectivity index (χ1) is 10.1. The Labute approximate surface area is 126 Å². The number of benzene rings is 1. The van der Waals surface area contributed by atoms with E-state index in [4.69, 9.17) is 9.84 Å². The zero-order chi connectivity index (χ0) is 15.7. The van der Waals surface area contributed by atoms with Crippen LogP contribution in [-0.4, -0.2) is 49.3 Å². The van der Waals surface area contributed by atoms with Crippen molar-refractivity contribution in [1.29, 1.82) is 0 Å². The summed E-state index contributed by atoms with van der Waals surface area (Å²) in [5.41, 5.74) is 2.31. The number of nitrogens with zero attached hydrogens (tertiary/aromatic N) is 1. The lowest BCUT2D eigenvalue weighted by atomic mass is 10.0. The molecule has 1 amide bonds. The second-order valence-corrected chi connectivity index (χ2v) is 4.75. The Kier molecular flexibility index (Phi) is 7.52. The number of hydrogen-bond acceptors (Lipinski definition) is 3. The van der Waals surface area contributed by atoms with E-state index in [1.807, 2.05) is 32.0 Å². The van der Waals surface area contributed by atoms with Crippen LogP contribution in [0.2, 0.25) is 0 Å². The summed E-state index contributed by atoms with van der Waals surface area (Å²) in [7, 11) is 1.76. The number of likely N-dealkylation sites (N-methyl/N-ethyl adjacent to an activating group) is 1. The van der Waals surface area contributed by atoms with Crippen molar-refractivity contribution in [2.45, 2.75) is 20.3 Å². The van der Waals surface area contributed by atoms with Crippen LogP contribution in [0.25, 0.3) is 0 Å². The molecular formula is C17H23NO3. The molecule has 4 heteroatoms. The average molecular weight is 289 g/mol. The summed E-state index contributed by atoms with van der Waals surface area (Å²) in [5.74, 6) is 5.75. The molecule has 4 nitrogen and oxygen atoms in total. The molecule has 0 saturated carbocycles. The maximum atomic E-state index is 12.5. The van der Waals surface area contributed by atoms with Crippen LogP contribution >= 0.6 is 0 Å². The Morgan fingerprint density at radius 3 is 2.86 bits per heavy atom. The number of rotatable bonds is 6. The fraction of sp³-hybridized carbons (Fsp3) is 0.471. The number of amides is 1. The molecule has 0 fully saturated rings. The molecule has 0 aromatic heterocycles. The summed E-state index contributed by atoms with van der Waals surface area (Å²) in [6.45, 7) is 5.61. The topological polar surface area (TPSA) is 49.8 Å². The van der Waals surface area contributed by atoms with Crippen molar-refractivity contribution in [3.8, 4) is 11.8 Å². The van der Waals surface area contributed by atoms with E-state index in [0.717, 1.165) is 5.56 Å².